The maximum atomic E-state index is 10.7. The number of hydrogen-bond acceptors (Lipinski definition) is 4. The number of nitrogens with zero attached hydrogens (tertiary/aromatic N) is 1. The van der Waals surface area contributed by atoms with Crippen molar-refractivity contribution >= 4 is 11.6 Å². The van der Waals surface area contributed by atoms with E-state index < -0.39 is 5.91 Å². The topological polar surface area (TPSA) is 77.8 Å². The Balaban J connectivity index is 2.96. The van der Waals surface area contributed by atoms with Crippen molar-refractivity contribution in [1.29, 1.82) is 0 Å². The number of nitrogens with two attached hydrogens (primary N) is 1. The van der Waals surface area contributed by atoms with E-state index in [0.717, 1.165) is 0 Å². The molecule has 0 saturated carbocycles. The minimum Gasteiger partial charge on any atom is -0.462 e. The number of furan rings is 1. The van der Waals surface area contributed by atoms with Crippen LogP contribution in [0, 0.1) is 0 Å². The minimum absolute atomic E-state index is 0.0255. The Kier molecular flexibility index (Phi) is 2.47. The lowest BCUT2D eigenvalue weighted by Gasteiger charge is -1.95. The number of rotatable bonds is 3. The van der Waals surface area contributed by atoms with E-state index in [1.807, 2.05) is 0 Å². The first-order valence-corrected chi connectivity index (χ1v) is 3.20. The molecule has 64 valence electrons. The van der Waals surface area contributed by atoms with E-state index in [-0.39, 0.29) is 5.71 Å². The summed E-state index contributed by atoms with van der Waals surface area (Å²) >= 11 is 0. The summed E-state index contributed by atoms with van der Waals surface area (Å²) in [7, 11) is 1.33. The summed E-state index contributed by atoms with van der Waals surface area (Å²) in [5.41, 5.74) is 4.98. The smallest absolute Gasteiger partial charge is 0.274 e. The summed E-state index contributed by atoms with van der Waals surface area (Å²) in [6.07, 6.45) is 1.42. The van der Waals surface area contributed by atoms with Crippen molar-refractivity contribution in [1.82, 2.24) is 0 Å². The lowest BCUT2D eigenvalue weighted by molar-refractivity contribution is -0.112. The van der Waals surface area contributed by atoms with Gasteiger partial charge in [0.2, 0.25) is 5.71 Å². The van der Waals surface area contributed by atoms with Gasteiger partial charge >= 0.3 is 0 Å². The average Bonchev–Trinajstić information content (AvgIpc) is 2.51. The first-order chi connectivity index (χ1) is 5.75. The van der Waals surface area contributed by atoms with Gasteiger partial charge in [0.15, 0.2) is 5.76 Å². The zero-order valence-electron chi connectivity index (χ0n) is 6.48. The van der Waals surface area contributed by atoms with Crippen LogP contribution in [0.15, 0.2) is 28.0 Å². The van der Waals surface area contributed by atoms with Crippen molar-refractivity contribution in [3.05, 3.63) is 24.2 Å². The van der Waals surface area contributed by atoms with Gasteiger partial charge in [-0.25, -0.2) is 0 Å². The van der Waals surface area contributed by atoms with Crippen LogP contribution in [0.1, 0.15) is 5.76 Å². The number of oxime groups is 1. The molecule has 0 bridgehead atoms. The molecular weight excluding hydrogens is 160 g/mol. The van der Waals surface area contributed by atoms with Crippen LogP contribution >= 0.6 is 0 Å². The predicted molar refractivity (Wildman–Crippen MR) is 41.4 cm³/mol. The molecule has 0 unspecified atom stereocenters. The van der Waals surface area contributed by atoms with Gasteiger partial charge in [-0.15, -0.1) is 0 Å². The summed E-state index contributed by atoms with van der Waals surface area (Å²) in [5, 5.41) is 3.41. The molecule has 0 spiro atoms. The van der Waals surface area contributed by atoms with E-state index in [1.54, 1.807) is 12.1 Å². The minimum atomic E-state index is -0.688. The van der Waals surface area contributed by atoms with E-state index in [0.29, 0.717) is 5.76 Å². The number of carbonyl (C=O) groups excluding carboxylic acids is 1. The Morgan fingerprint density at radius 1 is 1.75 bits per heavy atom. The maximum Gasteiger partial charge on any atom is 0.274 e. The van der Waals surface area contributed by atoms with Gasteiger partial charge in [0, 0.05) is 0 Å². The fraction of sp³-hybridized carbons (Fsp3) is 0.143. The third-order valence-corrected chi connectivity index (χ3v) is 1.17. The highest BCUT2D eigenvalue weighted by Gasteiger charge is 2.13. The molecule has 1 aromatic heterocycles. The maximum absolute atomic E-state index is 10.7. The van der Waals surface area contributed by atoms with Gasteiger partial charge < -0.3 is 15.0 Å². The molecule has 1 amide bonds. The number of primary amides is 1. The highest BCUT2D eigenvalue weighted by atomic mass is 16.6. The third-order valence-electron chi connectivity index (χ3n) is 1.17. The molecular formula is C7H8N2O3. The zero-order valence-corrected chi connectivity index (χ0v) is 6.48. The van der Waals surface area contributed by atoms with Crippen LogP contribution < -0.4 is 5.73 Å². The normalized spacial score (nSPS) is 11.2. The monoisotopic (exact) mass is 168 g/mol. The van der Waals surface area contributed by atoms with E-state index >= 15 is 0 Å². The molecule has 5 heteroatoms. The van der Waals surface area contributed by atoms with Crippen LogP contribution in [0.5, 0.6) is 0 Å². The van der Waals surface area contributed by atoms with Gasteiger partial charge in [0.1, 0.15) is 7.11 Å². The third kappa shape index (κ3) is 1.63. The fourth-order valence-electron chi connectivity index (χ4n) is 0.716. The van der Waals surface area contributed by atoms with Gasteiger partial charge in [-0.05, 0) is 12.1 Å². The highest BCUT2D eigenvalue weighted by molar-refractivity contribution is 6.43. The molecule has 0 aliphatic carbocycles. The van der Waals surface area contributed by atoms with Gasteiger partial charge in [0.05, 0.1) is 6.26 Å². The van der Waals surface area contributed by atoms with Crippen molar-refractivity contribution in [3.63, 3.8) is 0 Å². The first-order valence-electron chi connectivity index (χ1n) is 3.20. The van der Waals surface area contributed by atoms with Gasteiger partial charge in [0.25, 0.3) is 5.91 Å². The van der Waals surface area contributed by atoms with Crippen LogP contribution in [0.25, 0.3) is 0 Å². The van der Waals surface area contributed by atoms with Gasteiger partial charge in [-0.1, -0.05) is 5.16 Å². The van der Waals surface area contributed by atoms with Crippen LogP contribution in [-0.2, 0) is 9.63 Å². The molecule has 0 aromatic carbocycles. The Bertz CT molecular complexity index is 290. The van der Waals surface area contributed by atoms with E-state index in [1.165, 1.54) is 13.4 Å². The Labute approximate surface area is 68.8 Å². The second-order valence-corrected chi connectivity index (χ2v) is 1.96. The molecule has 0 radical (unpaired) electrons. The molecule has 1 rings (SSSR count). The first kappa shape index (κ1) is 8.32. The quantitative estimate of drug-likeness (QED) is 0.514. The molecule has 12 heavy (non-hydrogen) atoms. The van der Waals surface area contributed by atoms with Crippen LogP contribution in [0.4, 0.5) is 0 Å². The molecule has 0 fully saturated rings. The fourth-order valence-corrected chi connectivity index (χ4v) is 0.716. The number of hydrogen-bond donors (Lipinski definition) is 1. The molecule has 0 aliphatic heterocycles. The Morgan fingerprint density at radius 3 is 2.92 bits per heavy atom. The molecule has 2 N–H and O–H groups in total. The molecule has 5 nitrogen and oxygen atoms in total. The Morgan fingerprint density at radius 2 is 2.50 bits per heavy atom. The number of carbonyl (C=O) groups is 1. The zero-order chi connectivity index (χ0) is 8.97. The summed E-state index contributed by atoms with van der Waals surface area (Å²) in [6, 6.07) is 3.20. The molecule has 1 aromatic rings. The van der Waals surface area contributed by atoms with Crippen molar-refractivity contribution in [2.24, 2.45) is 10.9 Å². The van der Waals surface area contributed by atoms with Crippen molar-refractivity contribution in [3.8, 4) is 0 Å². The molecule has 0 saturated heterocycles. The second kappa shape index (κ2) is 3.56. The standard InChI is InChI=1S/C7H8N2O3/c1-11-9-6(7(8)10)5-3-2-4-12-5/h2-4H,1H3,(H2,8,10)/b9-6-. The van der Waals surface area contributed by atoms with Crippen molar-refractivity contribution in [2.45, 2.75) is 0 Å². The number of amides is 1. The largest absolute Gasteiger partial charge is 0.462 e. The lowest BCUT2D eigenvalue weighted by atomic mass is 10.3. The molecule has 0 aliphatic rings. The molecule has 1 heterocycles. The van der Waals surface area contributed by atoms with Gasteiger partial charge in [-0.2, -0.15) is 0 Å². The SMILES string of the molecule is CO/N=C(\C(N)=O)c1ccco1. The predicted octanol–water partition coefficient (Wildman–Crippen LogP) is 0.115. The van der Waals surface area contributed by atoms with Crippen LogP contribution in [0.3, 0.4) is 0 Å². The van der Waals surface area contributed by atoms with Crippen LogP contribution in [-0.4, -0.2) is 18.7 Å². The van der Waals surface area contributed by atoms with Crippen LogP contribution in [0.2, 0.25) is 0 Å². The van der Waals surface area contributed by atoms with Gasteiger partial charge in [-0.3, -0.25) is 4.79 Å². The highest BCUT2D eigenvalue weighted by Crippen LogP contribution is 2.02. The second-order valence-electron chi connectivity index (χ2n) is 1.96. The van der Waals surface area contributed by atoms with E-state index in [4.69, 9.17) is 10.2 Å². The van der Waals surface area contributed by atoms with E-state index in [2.05, 4.69) is 9.99 Å². The summed E-state index contributed by atoms with van der Waals surface area (Å²) in [5.74, 6) is -0.392. The molecule has 0 atom stereocenters. The lowest BCUT2D eigenvalue weighted by Crippen LogP contribution is -2.23. The van der Waals surface area contributed by atoms with Crippen molar-refractivity contribution in [2.75, 3.05) is 7.11 Å². The average molecular weight is 168 g/mol. The van der Waals surface area contributed by atoms with Crippen molar-refractivity contribution < 1.29 is 14.0 Å². The van der Waals surface area contributed by atoms with E-state index in [9.17, 15) is 4.79 Å². The summed E-state index contributed by atoms with van der Waals surface area (Å²) in [4.78, 5) is 15.2. The Hall–Kier alpha value is -1.78. The summed E-state index contributed by atoms with van der Waals surface area (Å²) in [6.45, 7) is 0. The summed E-state index contributed by atoms with van der Waals surface area (Å²) < 4.78 is 4.90.